The number of nitrogens with zero attached hydrogens (tertiary/aromatic N) is 1. The smallest absolute Gasteiger partial charge is 0.231 e. The molecule has 1 amide bonds. The number of piperidine rings is 1. The summed E-state index contributed by atoms with van der Waals surface area (Å²) in [5.74, 6) is 4.05. The highest BCUT2D eigenvalue weighted by Crippen LogP contribution is 2.36. The van der Waals surface area contributed by atoms with Crippen LogP contribution in [0.3, 0.4) is 0 Å². The first-order chi connectivity index (χ1) is 13.7. The molecule has 4 rings (SSSR count). The Bertz CT molecular complexity index is 817. The maximum absolute atomic E-state index is 12.2. The van der Waals surface area contributed by atoms with Gasteiger partial charge in [0.2, 0.25) is 12.7 Å². The van der Waals surface area contributed by atoms with Crippen LogP contribution in [0, 0.1) is 12.8 Å². The number of carbonyl (C=O) groups is 1. The summed E-state index contributed by atoms with van der Waals surface area (Å²) in [6.45, 7) is 5.66. The molecule has 2 aliphatic rings. The summed E-state index contributed by atoms with van der Waals surface area (Å²) in [4.78, 5) is 14.6. The van der Waals surface area contributed by atoms with Crippen molar-refractivity contribution in [3.63, 3.8) is 0 Å². The van der Waals surface area contributed by atoms with Gasteiger partial charge in [0.15, 0.2) is 11.5 Å². The van der Waals surface area contributed by atoms with E-state index in [4.69, 9.17) is 13.9 Å². The van der Waals surface area contributed by atoms with Crippen LogP contribution in [0.4, 0.5) is 0 Å². The predicted octanol–water partition coefficient (Wildman–Crippen LogP) is 3.63. The fourth-order valence-corrected chi connectivity index (χ4v) is 4.08. The molecule has 0 aliphatic carbocycles. The normalized spacial score (nSPS) is 19.0. The van der Waals surface area contributed by atoms with E-state index in [0.29, 0.717) is 25.7 Å². The minimum Gasteiger partial charge on any atom is -0.465 e. The molecule has 1 atom stereocenters. The Labute approximate surface area is 165 Å². The molecule has 1 aromatic heterocycles. The van der Waals surface area contributed by atoms with Crippen molar-refractivity contribution in [2.45, 2.75) is 45.7 Å². The Morgan fingerprint density at radius 3 is 3.04 bits per heavy atom. The topological polar surface area (TPSA) is 63.9 Å². The first-order valence-electron chi connectivity index (χ1n) is 10.1. The summed E-state index contributed by atoms with van der Waals surface area (Å²) >= 11 is 0. The quantitative estimate of drug-likeness (QED) is 0.790. The van der Waals surface area contributed by atoms with Gasteiger partial charge in [0.1, 0.15) is 11.5 Å². The fraction of sp³-hybridized carbons (Fsp3) is 0.500. The van der Waals surface area contributed by atoms with Gasteiger partial charge in [-0.3, -0.25) is 9.69 Å². The van der Waals surface area contributed by atoms with Gasteiger partial charge in [0.05, 0.1) is 6.54 Å². The third-order valence-corrected chi connectivity index (χ3v) is 5.51. The summed E-state index contributed by atoms with van der Waals surface area (Å²) in [6, 6.07) is 9.91. The van der Waals surface area contributed by atoms with Gasteiger partial charge in [0.25, 0.3) is 0 Å². The molecule has 0 radical (unpaired) electrons. The summed E-state index contributed by atoms with van der Waals surface area (Å²) < 4.78 is 16.6. The van der Waals surface area contributed by atoms with Crippen molar-refractivity contribution in [2.24, 2.45) is 5.92 Å². The lowest BCUT2D eigenvalue weighted by Gasteiger charge is -2.32. The molecular formula is C22H28N2O4. The molecule has 0 unspecified atom stereocenters. The number of nitrogens with one attached hydrogen (secondary N) is 1. The molecule has 6 nitrogen and oxygen atoms in total. The second-order valence-electron chi connectivity index (χ2n) is 7.72. The van der Waals surface area contributed by atoms with E-state index >= 15 is 0 Å². The molecule has 1 saturated heterocycles. The van der Waals surface area contributed by atoms with Crippen molar-refractivity contribution in [1.82, 2.24) is 10.2 Å². The van der Waals surface area contributed by atoms with Gasteiger partial charge < -0.3 is 19.2 Å². The van der Waals surface area contributed by atoms with Gasteiger partial charge in [0, 0.05) is 25.1 Å². The summed E-state index contributed by atoms with van der Waals surface area (Å²) in [5.41, 5.74) is 1.18. The first-order valence-corrected chi connectivity index (χ1v) is 10.1. The second kappa shape index (κ2) is 8.69. The maximum atomic E-state index is 12.2. The van der Waals surface area contributed by atoms with E-state index in [1.54, 1.807) is 0 Å². The standard InChI is InChI=1S/C22H28N2O4/c1-16-7-9-19(28-16)12-23-21(25)10-8-17-4-3-11-24(13-17)14-18-5-2-6-20-22(18)27-15-26-20/h2,5-7,9,17H,3-4,8,10-15H2,1H3,(H,23,25)/t17-/m1/s1. The van der Waals surface area contributed by atoms with Gasteiger partial charge in [-0.15, -0.1) is 0 Å². The van der Waals surface area contributed by atoms with Crippen molar-refractivity contribution < 1.29 is 18.7 Å². The monoisotopic (exact) mass is 384 g/mol. The number of furan rings is 1. The number of aryl methyl sites for hydroxylation is 1. The van der Waals surface area contributed by atoms with E-state index < -0.39 is 0 Å². The number of benzene rings is 1. The SMILES string of the molecule is Cc1ccc(CNC(=O)CC[C@H]2CCCN(Cc3cccc4c3OCO4)C2)o1. The van der Waals surface area contributed by atoms with Crippen LogP contribution in [0.1, 0.15) is 42.8 Å². The molecule has 1 aromatic carbocycles. The van der Waals surface area contributed by atoms with Crippen LogP contribution in [-0.4, -0.2) is 30.7 Å². The Hall–Kier alpha value is -2.47. The van der Waals surface area contributed by atoms with Gasteiger partial charge in [-0.2, -0.15) is 0 Å². The van der Waals surface area contributed by atoms with Crippen molar-refractivity contribution in [2.75, 3.05) is 19.9 Å². The zero-order valence-corrected chi connectivity index (χ0v) is 16.4. The average molecular weight is 384 g/mol. The Morgan fingerprint density at radius 1 is 1.25 bits per heavy atom. The number of likely N-dealkylation sites (tertiary alicyclic amines) is 1. The van der Waals surface area contributed by atoms with Crippen LogP contribution >= 0.6 is 0 Å². The van der Waals surface area contributed by atoms with Crippen LogP contribution in [0.15, 0.2) is 34.7 Å². The van der Waals surface area contributed by atoms with Gasteiger partial charge in [-0.1, -0.05) is 12.1 Å². The zero-order chi connectivity index (χ0) is 19.3. The number of hydrogen-bond acceptors (Lipinski definition) is 5. The number of fused-ring (bicyclic) bond motifs is 1. The lowest BCUT2D eigenvalue weighted by atomic mass is 9.93. The fourth-order valence-electron chi connectivity index (χ4n) is 4.08. The third kappa shape index (κ3) is 4.68. The molecule has 0 saturated carbocycles. The number of para-hydroxylation sites is 1. The van der Waals surface area contributed by atoms with Crippen molar-refractivity contribution >= 4 is 5.91 Å². The van der Waals surface area contributed by atoms with Crippen LogP contribution < -0.4 is 14.8 Å². The molecule has 1 fully saturated rings. The van der Waals surface area contributed by atoms with Gasteiger partial charge >= 0.3 is 0 Å². The van der Waals surface area contributed by atoms with Crippen molar-refractivity contribution in [1.29, 1.82) is 0 Å². The van der Waals surface area contributed by atoms with Crippen LogP contribution in [0.25, 0.3) is 0 Å². The number of carbonyl (C=O) groups excluding carboxylic acids is 1. The van der Waals surface area contributed by atoms with Gasteiger partial charge in [-0.05, 0) is 56.8 Å². The molecule has 3 heterocycles. The third-order valence-electron chi connectivity index (χ3n) is 5.51. The highest BCUT2D eigenvalue weighted by atomic mass is 16.7. The minimum atomic E-state index is 0.0950. The number of rotatable bonds is 7. The average Bonchev–Trinajstić information content (AvgIpc) is 3.34. The summed E-state index contributed by atoms with van der Waals surface area (Å²) in [5, 5.41) is 2.95. The van der Waals surface area contributed by atoms with E-state index in [1.807, 2.05) is 31.2 Å². The Balaban J connectivity index is 1.23. The second-order valence-corrected chi connectivity index (χ2v) is 7.72. The summed E-state index contributed by atoms with van der Waals surface area (Å²) in [7, 11) is 0. The molecule has 150 valence electrons. The lowest BCUT2D eigenvalue weighted by Crippen LogP contribution is -2.35. The summed E-state index contributed by atoms with van der Waals surface area (Å²) in [6.07, 6.45) is 3.85. The van der Waals surface area contributed by atoms with Gasteiger partial charge in [-0.25, -0.2) is 0 Å². The van der Waals surface area contributed by atoms with Crippen LogP contribution in [0.2, 0.25) is 0 Å². The maximum Gasteiger partial charge on any atom is 0.231 e. The number of ether oxygens (including phenoxy) is 2. The number of hydrogen-bond donors (Lipinski definition) is 1. The van der Waals surface area contributed by atoms with E-state index in [2.05, 4.69) is 16.3 Å². The molecule has 28 heavy (non-hydrogen) atoms. The predicted molar refractivity (Wildman–Crippen MR) is 105 cm³/mol. The van der Waals surface area contributed by atoms with Crippen LogP contribution in [-0.2, 0) is 17.9 Å². The molecular weight excluding hydrogens is 356 g/mol. The van der Waals surface area contributed by atoms with Crippen molar-refractivity contribution in [3.05, 3.63) is 47.4 Å². The number of amides is 1. The highest BCUT2D eigenvalue weighted by molar-refractivity contribution is 5.75. The first kappa shape index (κ1) is 18.9. The van der Waals surface area contributed by atoms with E-state index in [-0.39, 0.29) is 5.91 Å². The van der Waals surface area contributed by atoms with E-state index in [0.717, 1.165) is 49.1 Å². The highest BCUT2D eigenvalue weighted by Gasteiger charge is 2.24. The Kier molecular flexibility index (Phi) is 5.86. The van der Waals surface area contributed by atoms with E-state index in [1.165, 1.54) is 18.4 Å². The zero-order valence-electron chi connectivity index (χ0n) is 16.4. The largest absolute Gasteiger partial charge is 0.465 e. The molecule has 0 bridgehead atoms. The van der Waals surface area contributed by atoms with E-state index in [9.17, 15) is 4.79 Å². The molecule has 0 spiro atoms. The lowest BCUT2D eigenvalue weighted by molar-refractivity contribution is -0.121. The Morgan fingerprint density at radius 2 is 2.18 bits per heavy atom. The molecule has 1 N–H and O–H groups in total. The van der Waals surface area contributed by atoms with Crippen LogP contribution in [0.5, 0.6) is 11.5 Å². The molecule has 2 aliphatic heterocycles. The molecule has 2 aromatic rings. The molecule has 6 heteroatoms. The minimum absolute atomic E-state index is 0.0950. The van der Waals surface area contributed by atoms with Crippen molar-refractivity contribution in [3.8, 4) is 11.5 Å².